The Morgan fingerprint density at radius 1 is 1.18 bits per heavy atom. The maximum atomic E-state index is 13.5. The predicted octanol–water partition coefficient (Wildman–Crippen LogP) is -4.55. The van der Waals surface area contributed by atoms with E-state index in [1.54, 1.807) is 12.1 Å². The van der Waals surface area contributed by atoms with Crippen molar-refractivity contribution in [2.45, 2.75) is 49.3 Å². The van der Waals surface area contributed by atoms with Gasteiger partial charge >= 0.3 is 11.9 Å². The van der Waals surface area contributed by atoms with Gasteiger partial charge in [0.05, 0.1) is 13.1 Å². The molecule has 198 valence electrons. The van der Waals surface area contributed by atoms with E-state index >= 15 is 0 Å². The molecule has 0 radical (unpaired) electrons. The topological polar surface area (TPSA) is 200 Å². The van der Waals surface area contributed by atoms with Gasteiger partial charge in [0, 0.05) is 18.4 Å². The Labute approximate surface area is 217 Å². The highest BCUT2D eigenvalue weighted by molar-refractivity contribution is 6.08. The van der Waals surface area contributed by atoms with E-state index in [1.807, 2.05) is 31.2 Å². The molecule has 2 saturated heterocycles. The molecule has 0 saturated carbocycles. The van der Waals surface area contributed by atoms with E-state index in [0.717, 1.165) is 21.2 Å². The number of aryl methyl sites for hydroxylation is 1. The zero-order valence-corrected chi connectivity index (χ0v) is 20.7. The van der Waals surface area contributed by atoms with E-state index in [0.29, 0.717) is 5.56 Å². The molecular formula is C25H30N8O5+2. The van der Waals surface area contributed by atoms with Crippen LogP contribution in [0.5, 0.6) is 0 Å². The number of hydrogen-bond donors (Lipinski definition) is 8. The van der Waals surface area contributed by atoms with E-state index in [9.17, 15) is 24.6 Å². The van der Waals surface area contributed by atoms with Crippen molar-refractivity contribution in [2.75, 3.05) is 13.1 Å². The van der Waals surface area contributed by atoms with Crippen LogP contribution in [0, 0.1) is 6.92 Å². The molecule has 2 aromatic carbocycles. The van der Waals surface area contributed by atoms with Crippen LogP contribution in [0.2, 0.25) is 0 Å². The number of likely N-dealkylation sites (tertiary alicyclic amines) is 1. The van der Waals surface area contributed by atoms with E-state index in [2.05, 4.69) is 20.9 Å². The molecule has 0 aromatic heterocycles. The van der Waals surface area contributed by atoms with Crippen LogP contribution in [0.3, 0.4) is 0 Å². The molecule has 0 bridgehead atoms. The first-order valence-corrected chi connectivity index (χ1v) is 12.5. The van der Waals surface area contributed by atoms with Crippen LogP contribution in [-0.2, 0) is 9.59 Å². The Kier molecular flexibility index (Phi) is 5.16. The third kappa shape index (κ3) is 3.21. The minimum absolute atomic E-state index is 0.0526. The number of nitrogens with one attached hydrogen (secondary N) is 4. The fourth-order valence-corrected chi connectivity index (χ4v) is 6.37. The molecule has 4 aliphatic rings. The number of benzene rings is 2. The van der Waals surface area contributed by atoms with Crippen molar-refractivity contribution in [1.82, 2.24) is 20.9 Å². The average Bonchev–Trinajstić information content (AvgIpc) is 3.47. The summed E-state index contributed by atoms with van der Waals surface area (Å²) in [5, 5.41) is 33.8. The highest BCUT2D eigenvalue weighted by Crippen LogP contribution is 2.38. The number of nitrogens with two attached hydrogens (primary N) is 2. The molecule has 4 aliphatic heterocycles. The van der Waals surface area contributed by atoms with E-state index < -0.39 is 35.5 Å². The molecule has 1 spiro atoms. The Morgan fingerprint density at radius 3 is 2.58 bits per heavy atom. The van der Waals surface area contributed by atoms with Crippen molar-refractivity contribution in [2.24, 2.45) is 11.5 Å². The van der Waals surface area contributed by atoms with E-state index in [4.69, 9.17) is 11.5 Å². The van der Waals surface area contributed by atoms with Crippen molar-refractivity contribution in [3.63, 3.8) is 0 Å². The number of aliphatic hydroxyl groups is 2. The second-order valence-corrected chi connectivity index (χ2v) is 10.3. The summed E-state index contributed by atoms with van der Waals surface area (Å²) in [6, 6.07) is 8.35. The van der Waals surface area contributed by atoms with Crippen molar-refractivity contribution in [1.29, 1.82) is 0 Å². The summed E-state index contributed by atoms with van der Waals surface area (Å²) in [5.74, 6) is -3.53. The average molecular weight is 523 g/mol. The van der Waals surface area contributed by atoms with Gasteiger partial charge in [-0.05, 0) is 29.3 Å². The normalized spacial score (nSPS) is 29.6. The minimum atomic E-state index is -2.58. The Hall–Kier alpha value is -4.23. The first-order valence-electron chi connectivity index (χ1n) is 12.5. The van der Waals surface area contributed by atoms with Gasteiger partial charge in [-0.25, -0.2) is 9.89 Å². The van der Waals surface area contributed by atoms with Crippen molar-refractivity contribution < 1.29 is 34.2 Å². The highest BCUT2D eigenvalue weighted by atomic mass is 16.5. The molecule has 10 N–H and O–H groups in total. The smallest absolute Gasteiger partial charge is 0.347 e. The summed E-state index contributed by atoms with van der Waals surface area (Å²) in [5.41, 5.74) is 12.1. The summed E-state index contributed by atoms with van der Waals surface area (Å²) in [6.07, 6.45) is 0.247. The molecule has 13 nitrogen and oxygen atoms in total. The summed E-state index contributed by atoms with van der Waals surface area (Å²) >= 11 is 0. The van der Waals surface area contributed by atoms with Crippen LogP contribution < -0.4 is 32.4 Å². The molecular weight excluding hydrogens is 492 g/mol. The largest absolute Gasteiger partial charge is 0.358 e. The Bertz CT molecular complexity index is 1450. The van der Waals surface area contributed by atoms with Crippen LogP contribution in [0.4, 0.5) is 0 Å². The first-order chi connectivity index (χ1) is 18.0. The Morgan fingerprint density at radius 2 is 1.87 bits per heavy atom. The zero-order valence-electron chi connectivity index (χ0n) is 20.7. The maximum Gasteiger partial charge on any atom is 0.347 e. The number of imide groups is 1. The SMILES string of the molecule is Cc1cccc2cccc(C(=O)NC3C[N+]4=C(N)N[C@@H](CN5C(=O)CCC5=O)[C@@H]5[NH+]=C(N)N[C@@]54C3(O)O)c12. The van der Waals surface area contributed by atoms with E-state index in [-0.39, 0.29) is 49.7 Å². The third-order valence-electron chi connectivity index (χ3n) is 8.15. The van der Waals surface area contributed by atoms with Gasteiger partial charge in [-0.1, -0.05) is 30.3 Å². The number of carbonyl (C=O) groups is 3. The van der Waals surface area contributed by atoms with Gasteiger partial charge in [0.15, 0.2) is 6.04 Å². The van der Waals surface area contributed by atoms with Gasteiger partial charge in [-0.15, -0.1) is 0 Å². The third-order valence-corrected chi connectivity index (χ3v) is 8.15. The molecule has 2 aromatic rings. The lowest BCUT2D eigenvalue weighted by atomic mass is 9.85. The monoisotopic (exact) mass is 522 g/mol. The number of nitrogens with zero attached hydrogens (tertiary/aromatic N) is 2. The molecule has 2 fully saturated rings. The maximum absolute atomic E-state index is 13.5. The second-order valence-electron chi connectivity index (χ2n) is 10.3. The molecule has 3 amide bonds. The molecule has 38 heavy (non-hydrogen) atoms. The number of hydrogen-bond acceptors (Lipinski definition) is 9. The Balaban J connectivity index is 1.35. The number of guanidine groups is 2. The van der Waals surface area contributed by atoms with Crippen molar-refractivity contribution in [3.8, 4) is 0 Å². The molecule has 6 rings (SSSR count). The van der Waals surface area contributed by atoms with Gasteiger partial charge in [0.1, 0.15) is 12.1 Å². The summed E-state index contributed by atoms with van der Waals surface area (Å²) in [4.78, 5) is 42.2. The van der Waals surface area contributed by atoms with Crippen LogP contribution >= 0.6 is 0 Å². The van der Waals surface area contributed by atoms with Gasteiger partial charge in [0.2, 0.25) is 11.8 Å². The van der Waals surface area contributed by atoms with E-state index in [1.165, 1.54) is 4.58 Å². The summed E-state index contributed by atoms with van der Waals surface area (Å²) < 4.78 is 1.51. The quantitative estimate of drug-likeness (QED) is 0.111. The second kappa shape index (κ2) is 8.13. The van der Waals surface area contributed by atoms with Crippen molar-refractivity contribution >= 4 is 40.4 Å². The fourth-order valence-electron chi connectivity index (χ4n) is 6.37. The van der Waals surface area contributed by atoms with Gasteiger partial charge < -0.3 is 15.5 Å². The molecule has 0 aliphatic carbocycles. The lowest BCUT2D eigenvalue weighted by Crippen LogP contribution is -2.92. The van der Waals surface area contributed by atoms with Crippen LogP contribution in [0.1, 0.15) is 28.8 Å². The van der Waals surface area contributed by atoms with Gasteiger partial charge in [-0.2, -0.15) is 0 Å². The lowest BCUT2D eigenvalue weighted by molar-refractivity contribution is -0.674. The molecule has 13 heteroatoms. The number of carbonyl (C=O) groups excluding carboxylic acids is 3. The number of fused-ring (bicyclic) bond motifs is 1. The fraction of sp³-hybridized carbons (Fsp3) is 0.400. The minimum Gasteiger partial charge on any atom is -0.358 e. The van der Waals surface area contributed by atoms with Crippen LogP contribution in [0.25, 0.3) is 10.8 Å². The summed E-state index contributed by atoms with van der Waals surface area (Å²) in [6.45, 7) is 1.79. The number of rotatable bonds is 4. The first kappa shape index (κ1) is 24.1. The zero-order chi connectivity index (χ0) is 27.0. The molecule has 4 heterocycles. The lowest BCUT2D eigenvalue weighted by Gasteiger charge is -2.41. The van der Waals surface area contributed by atoms with Gasteiger partial charge in [-0.3, -0.25) is 41.1 Å². The highest BCUT2D eigenvalue weighted by Gasteiger charge is 2.78. The number of amides is 3. The standard InChI is InChI=1S/C25H28N8O5/c1-12-4-2-5-13-6-3-7-14(19(12)13)21(36)29-16-11-33-23(27)28-15(10-32-17(34)8-9-18(32)35)20-24(33,25(16,37)38)31-22(26)30-20/h2-7,15-16,20,37-38H,8-11H2,1H3,(H6,26,27,28,29,30,31,36)/p+2/t15-,16?,20-,24-/m0/s1. The van der Waals surface area contributed by atoms with Crippen LogP contribution in [0.15, 0.2) is 36.4 Å². The molecule has 1 unspecified atom stereocenters. The van der Waals surface area contributed by atoms with Gasteiger partial charge in [0.25, 0.3) is 17.4 Å². The van der Waals surface area contributed by atoms with Crippen LogP contribution in [-0.4, -0.2) is 92.0 Å². The van der Waals surface area contributed by atoms with Crippen molar-refractivity contribution in [3.05, 3.63) is 47.5 Å². The summed E-state index contributed by atoms with van der Waals surface area (Å²) in [7, 11) is 0. The molecule has 4 atom stereocenters. The predicted molar refractivity (Wildman–Crippen MR) is 134 cm³/mol.